The van der Waals surface area contributed by atoms with Gasteiger partial charge in [-0.3, -0.25) is 10.1 Å². The standard InChI is InChI=1S/C34H34BrNO5/c35-25-19-20-32(41-27-11-5-2-6-12-27)29(22-25)33(37)36-30(34(38)39)21-23-15-17-24(18-16-23)28-13-7-8-14-31(28)40-26-9-3-1-4-10-26/h1,3-4,7-10,13-20,22,27,30,33,36-37H,2,5-6,11-12,21H2,(H,38,39)/t30-,33?/m0/s1. The van der Waals surface area contributed by atoms with Gasteiger partial charge in [-0.1, -0.05) is 83.0 Å². The van der Waals surface area contributed by atoms with Crippen molar-refractivity contribution in [3.8, 4) is 28.4 Å². The summed E-state index contributed by atoms with van der Waals surface area (Å²) in [7, 11) is 0. The van der Waals surface area contributed by atoms with E-state index >= 15 is 0 Å². The van der Waals surface area contributed by atoms with Crippen LogP contribution in [0.25, 0.3) is 11.1 Å². The molecule has 0 amide bonds. The fraction of sp³-hybridized carbons (Fsp3) is 0.265. The summed E-state index contributed by atoms with van der Waals surface area (Å²) in [5.41, 5.74) is 3.24. The number of hydrogen-bond acceptors (Lipinski definition) is 5. The first-order chi connectivity index (χ1) is 20.0. The third-order valence-electron chi connectivity index (χ3n) is 7.33. The van der Waals surface area contributed by atoms with Crippen molar-refractivity contribution in [2.24, 2.45) is 0 Å². The number of rotatable bonds is 11. The molecular weight excluding hydrogens is 582 g/mol. The van der Waals surface area contributed by atoms with Crippen molar-refractivity contribution in [1.29, 1.82) is 0 Å². The van der Waals surface area contributed by atoms with Gasteiger partial charge in [0.25, 0.3) is 0 Å². The maximum absolute atomic E-state index is 12.2. The Morgan fingerprint density at radius 3 is 2.32 bits per heavy atom. The summed E-state index contributed by atoms with van der Waals surface area (Å²) < 4.78 is 13.1. The first-order valence-electron chi connectivity index (χ1n) is 14.0. The largest absolute Gasteiger partial charge is 0.490 e. The fourth-order valence-corrected chi connectivity index (χ4v) is 5.55. The lowest BCUT2D eigenvalue weighted by molar-refractivity contribution is -0.140. The van der Waals surface area contributed by atoms with E-state index in [0.717, 1.165) is 58.3 Å². The summed E-state index contributed by atoms with van der Waals surface area (Å²) in [5.74, 6) is 1.02. The molecule has 1 saturated carbocycles. The molecule has 4 aromatic carbocycles. The summed E-state index contributed by atoms with van der Waals surface area (Å²) in [6.07, 6.45) is 4.52. The van der Waals surface area contributed by atoms with E-state index in [2.05, 4.69) is 21.2 Å². The second kappa shape index (κ2) is 13.8. The fourth-order valence-electron chi connectivity index (χ4n) is 5.17. The van der Waals surface area contributed by atoms with Crippen LogP contribution in [0, 0.1) is 0 Å². The van der Waals surface area contributed by atoms with E-state index < -0.39 is 18.2 Å². The summed E-state index contributed by atoms with van der Waals surface area (Å²) >= 11 is 3.47. The predicted octanol–water partition coefficient (Wildman–Crippen LogP) is 7.90. The van der Waals surface area contributed by atoms with Crippen LogP contribution in [-0.4, -0.2) is 28.3 Å². The number of para-hydroxylation sites is 2. The van der Waals surface area contributed by atoms with Gasteiger partial charge in [0.2, 0.25) is 0 Å². The Hall–Kier alpha value is -3.65. The van der Waals surface area contributed by atoms with Crippen molar-refractivity contribution in [2.75, 3.05) is 0 Å². The maximum Gasteiger partial charge on any atom is 0.321 e. The van der Waals surface area contributed by atoms with Gasteiger partial charge in [-0.05, 0) is 79.6 Å². The topological polar surface area (TPSA) is 88.0 Å². The number of aliphatic hydroxyl groups excluding tert-OH is 1. The maximum atomic E-state index is 12.2. The van der Waals surface area contributed by atoms with Gasteiger partial charge in [0.15, 0.2) is 0 Å². The van der Waals surface area contributed by atoms with Gasteiger partial charge < -0.3 is 19.7 Å². The van der Waals surface area contributed by atoms with Crippen LogP contribution in [0.4, 0.5) is 0 Å². The Balaban J connectivity index is 1.29. The van der Waals surface area contributed by atoms with Crippen LogP contribution in [-0.2, 0) is 11.2 Å². The Morgan fingerprint density at radius 1 is 0.878 bits per heavy atom. The van der Waals surface area contributed by atoms with Crippen molar-refractivity contribution in [1.82, 2.24) is 5.32 Å². The summed E-state index contributed by atoms with van der Waals surface area (Å²) in [5, 5.41) is 24.0. The van der Waals surface area contributed by atoms with Crippen molar-refractivity contribution >= 4 is 21.9 Å². The van der Waals surface area contributed by atoms with Gasteiger partial charge in [0.1, 0.15) is 29.5 Å². The minimum absolute atomic E-state index is 0.105. The highest BCUT2D eigenvalue weighted by molar-refractivity contribution is 9.10. The van der Waals surface area contributed by atoms with Gasteiger partial charge in [-0.25, -0.2) is 0 Å². The average Bonchev–Trinajstić information content (AvgIpc) is 2.99. The SMILES string of the molecule is O=C(O)[C@H](Cc1ccc(-c2ccccc2Oc2ccccc2)cc1)NC(O)c1cc(Br)ccc1OC1CCCCC1. The number of aliphatic hydroxyl groups is 1. The molecule has 0 radical (unpaired) electrons. The molecule has 0 aromatic heterocycles. The number of ether oxygens (including phenoxy) is 2. The number of carbonyl (C=O) groups is 1. The van der Waals surface area contributed by atoms with Crippen LogP contribution in [0.3, 0.4) is 0 Å². The molecule has 0 bridgehead atoms. The van der Waals surface area contributed by atoms with E-state index in [4.69, 9.17) is 9.47 Å². The molecule has 1 unspecified atom stereocenters. The van der Waals surface area contributed by atoms with Crippen LogP contribution < -0.4 is 14.8 Å². The average molecular weight is 617 g/mol. The first kappa shape index (κ1) is 28.9. The van der Waals surface area contributed by atoms with Gasteiger partial charge in [0, 0.05) is 15.6 Å². The molecular formula is C34H34BrNO5. The Kier molecular flexibility index (Phi) is 9.72. The molecule has 6 nitrogen and oxygen atoms in total. The smallest absolute Gasteiger partial charge is 0.321 e. The van der Waals surface area contributed by atoms with Crippen LogP contribution >= 0.6 is 15.9 Å². The second-order valence-corrected chi connectivity index (χ2v) is 11.2. The van der Waals surface area contributed by atoms with Gasteiger partial charge in [-0.15, -0.1) is 0 Å². The summed E-state index contributed by atoms with van der Waals surface area (Å²) in [6.45, 7) is 0. The van der Waals surface area contributed by atoms with E-state index in [0.29, 0.717) is 11.3 Å². The lowest BCUT2D eigenvalue weighted by Gasteiger charge is -2.26. The van der Waals surface area contributed by atoms with Crippen molar-refractivity contribution < 1.29 is 24.5 Å². The van der Waals surface area contributed by atoms with Crippen LogP contribution in [0.1, 0.15) is 49.5 Å². The molecule has 0 spiro atoms. The Bertz CT molecular complexity index is 1440. The van der Waals surface area contributed by atoms with E-state index in [9.17, 15) is 15.0 Å². The molecule has 7 heteroatoms. The van der Waals surface area contributed by atoms with Crippen molar-refractivity contribution in [3.05, 3.63) is 113 Å². The molecule has 1 fully saturated rings. The van der Waals surface area contributed by atoms with E-state index in [1.807, 2.05) is 91.0 Å². The quantitative estimate of drug-likeness (QED) is 0.149. The molecule has 3 N–H and O–H groups in total. The Morgan fingerprint density at radius 2 is 1.59 bits per heavy atom. The molecule has 4 aromatic rings. The second-order valence-electron chi connectivity index (χ2n) is 10.3. The highest BCUT2D eigenvalue weighted by Crippen LogP contribution is 2.34. The van der Waals surface area contributed by atoms with Gasteiger partial charge in [0.05, 0.1) is 6.10 Å². The number of hydrogen-bond donors (Lipinski definition) is 3. The van der Waals surface area contributed by atoms with E-state index in [1.165, 1.54) is 6.42 Å². The zero-order chi connectivity index (χ0) is 28.6. The number of nitrogens with one attached hydrogen (secondary N) is 1. The number of halogens is 1. The van der Waals surface area contributed by atoms with Crippen LogP contribution in [0.5, 0.6) is 17.2 Å². The van der Waals surface area contributed by atoms with Crippen molar-refractivity contribution in [3.63, 3.8) is 0 Å². The number of carboxylic acids is 1. The summed E-state index contributed by atoms with van der Waals surface area (Å²) in [6, 6.07) is 29.6. The molecule has 5 rings (SSSR count). The third kappa shape index (κ3) is 7.76. The minimum Gasteiger partial charge on any atom is -0.490 e. The van der Waals surface area contributed by atoms with E-state index in [-0.39, 0.29) is 12.5 Å². The lowest BCUT2D eigenvalue weighted by Crippen LogP contribution is -2.41. The zero-order valence-corrected chi connectivity index (χ0v) is 24.3. The minimum atomic E-state index is -1.21. The zero-order valence-electron chi connectivity index (χ0n) is 22.7. The first-order valence-corrected chi connectivity index (χ1v) is 14.8. The molecule has 2 atom stereocenters. The predicted molar refractivity (Wildman–Crippen MR) is 163 cm³/mol. The lowest BCUT2D eigenvalue weighted by atomic mass is 9.97. The molecule has 0 aliphatic heterocycles. The van der Waals surface area contributed by atoms with Gasteiger partial charge >= 0.3 is 5.97 Å². The molecule has 212 valence electrons. The number of benzene rings is 4. The van der Waals surface area contributed by atoms with Crippen LogP contribution in [0.15, 0.2) is 102 Å². The van der Waals surface area contributed by atoms with E-state index in [1.54, 1.807) is 6.07 Å². The molecule has 0 saturated heterocycles. The molecule has 41 heavy (non-hydrogen) atoms. The monoisotopic (exact) mass is 615 g/mol. The van der Waals surface area contributed by atoms with Crippen molar-refractivity contribution in [2.45, 2.75) is 56.9 Å². The number of aliphatic carboxylic acids is 1. The number of carboxylic acid groups (broad SMARTS) is 1. The highest BCUT2D eigenvalue weighted by atomic mass is 79.9. The van der Waals surface area contributed by atoms with Crippen LogP contribution in [0.2, 0.25) is 0 Å². The normalized spacial score (nSPS) is 15.2. The third-order valence-corrected chi connectivity index (χ3v) is 7.83. The summed E-state index contributed by atoms with van der Waals surface area (Å²) in [4.78, 5) is 12.2. The van der Waals surface area contributed by atoms with Gasteiger partial charge in [-0.2, -0.15) is 0 Å². The highest BCUT2D eigenvalue weighted by Gasteiger charge is 2.25. The molecule has 1 aliphatic rings. The molecule has 1 aliphatic carbocycles. The molecule has 0 heterocycles. The Labute approximate surface area is 249 Å².